The van der Waals surface area contributed by atoms with Gasteiger partial charge in [-0.15, -0.1) is 0 Å². The van der Waals surface area contributed by atoms with Crippen molar-refractivity contribution in [3.63, 3.8) is 0 Å². The van der Waals surface area contributed by atoms with Crippen molar-refractivity contribution in [3.05, 3.63) is 22.1 Å². The number of nitrogens with one attached hydrogen (secondary N) is 1. The molecule has 17 heavy (non-hydrogen) atoms. The summed E-state index contributed by atoms with van der Waals surface area (Å²) >= 11 is 0. The Morgan fingerprint density at radius 1 is 1.59 bits per heavy atom. The maximum Gasteiger partial charge on any atom is 0.267 e. The Balaban J connectivity index is 2.38. The fourth-order valence-electron chi connectivity index (χ4n) is 2.24. The second-order valence-electron chi connectivity index (χ2n) is 4.73. The molecule has 1 atom stereocenters. The van der Waals surface area contributed by atoms with E-state index < -0.39 is 15.4 Å². The van der Waals surface area contributed by atoms with Crippen molar-refractivity contribution in [3.8, 4) is 0 Å². The van der Waals surface area contributed by atoms with Crippen LogP contribution in [0.5, 0.6) is 0 Å². The Morgan fingerprint density at radius 3 is 2.82 bits per heavy atom. The standard InChI is InChI=1S/C10H16N2O4S/c1-10(3-4-17(14,15)7-10)12-9(13)5-8(11-12)6-16-2/h5,11H,3-4,6-7H2,1-2H3. The molecule has 0 bridgehead atoms. The molecule has 1 saturated heterocycles. The normalized spacial score (nSPS) is 27.4. The van der Waals surface area contributed by atoms with Crippen LogP contribution in [-0.2, 0) is 26.7 Å². The van der Waals surface area contributed by atoms with E-state index in [0.717, 1.165) is 0 Å². The smallest absolute Gasteiger partial charge is 0.267 e. The number of H-pyrrole nitrogens is 1. The minimum atomic E-state index is -3.03. The molecule has 0 radical (unpaired) electrons. The Bertz CT molecular complexity index is 571. The first-order chi connectivity index (χ1) is 7.86. The minimum Gasteiger partial charge on any atom is -0.378 e. The average Bonchev–Trinajstić information content (AvgIpc) is 2.69. The fraction of sp³-hybridized carbons (Fsp3) is 0.700. The van der Waals surface area contributed by atoms with Gasteiger partial charge in [0.25, 0.3) is 5.56 Å². The number of aromatic nitrogens is 2. The highest BCUT2D eigenvalue weighted by atomic mass is 32.2. The number of nitrogens with zero attached hydrogens (tertiary/aromatic N) is 1. The van der Waals surface area contributed by atoms with Crippen molar-refractivity contribution >= 4 is 9.84 Å². The molecular formula is C10H16N2O4S. The molecule has 0 amide bonds. The number of ether oxygens (including phenoxy) is 1. The number of sulfone groups is 1. The molecule has 6 nitrogen and oxygen atoms in total. The van der Waals surface area contributed by atoms with Gasteiger partial charge < -0.3 is 4.74 Å². The van der Waals surface area contributed by atoms with Crippen molar-refractivity contribution in [2.24, 2.45) is 0 Å². The van der Waals surface area contributed by atoms with Crippen LogP contribution >= 0.6 is 0 Å². The zero-order valence-electron chi connectivity index (χ0n) is 9.89. The van der Waals surface area contributed by atoms with Crippen molar-refractivity contribution in [1.29, 1.82) is 0 Å². The van der Waals surface area contributed by atoms with E-state index in [1.807, 2.05) is 0 Å². The number of hydrogen-bond donors (Lipinski definition) is 1. The van der Waals surface area contributed by atoms with E-state index in [4.69, 9.17) is 4.74 Å². The monoisotopic (exact) mass is 260 g/mol. The van der Waals surface area contributed by atoms with Crippen LogP contribution in [0.15, 0.2) is 10.9 Å². The molecular weight excluding hydrogens is 244 g/mol. The number of aromatic amines is 1. The first-order valence-corrected chi connectivity index (χ1v) is 7.19. The lowest BCUT2D eigenvalue weighted by atomic mass is 10.0. The predicted octanol–water partition coefficient (Wildman–Crippen LogP) is -0.143. The fourth-order valence-corrected chi connectivity index (χ4v) is 4.36. The van der Waals surface area contributed by atoms with Crippen LogP contribution < -0.4 is 5.56 Å². The number of hydrogen-bond acceptors (Lipinski definition) is 4. The van der Waals surface area contributed by atoms with Crippen molar-refractivity contribution in [2.45, 2.75) is 25.5 Å². The van der Waals surface area contributed by atoms with Gasteiger partial charge in [-0.3, -0.25) is 9.89 Å². The molecule has 2 rings (SSSR count). The number of rotatable bonds is 3. The van der Waals surface area contributed by atoms with E-state index in [0.29, 0.717) is 18.7 Å². The van der Waals surface area contributed by atoms with Crippen molar-refractivity contribution < 1.29 is 13.2 Å². The van der Waals surface area contributed by atoms with Gasteiger partial charge in [0.05, 0.1) is 29.3 Å². The lowest BCUT2D eigenvalue weighted by molar-refractivity contribution is 0.179. The molecule has 96 valence electrons. The van der Waals surface area contributed by atoms with Crippen LogP contribution in [-0.4, -0.2) is 36.8 Å². The van der Waals surface area contributed by atoms with Crippen LogP contribution in [0.4, 0.5) is 0 Å². The van der Waals surface area contributed by atoms with E-state index in [1.165, 1.54) is 17.9 Å². The van der Waals surface area contributed by atoms with Crippen molar-refractivity contribution in [2.75, 3.05) is 18.6 Å². The largest absolute Gasteiger partial charge is 0.378 e. The van der Waals surface area contributed by atoms with Crippen LogP contribution in [0.2, 0.25) is 0 Å². The summed E-state index contributed by atoms with van der Waals surface area (Å²) in [6.07, 6.45) is 0.460. The summed E-state index contributed by atoms with van der Waals surface area (Å²) in [6.45, 7) is 2.09. The third-order valence-electron chi connectivity index (χ3n) is 3.10. The highest BCUT2D eigenvalue weighted by molar-refractivity contribution is 7.91. The lowest BCUT2D eigenvalue weighted by Crippen LogP contribution is -2.38. The zero-order chi connectivity index (χ0) is 12.7. The van der Waals surface area contributed by atoms with Crippen LogP contribution in [0.1, 0.15) is 19.0 Å². The second-order valence-corrected chi connectivity index (χ2v) is 6.91. The molecule has 1 aromatic heterocycles. The molecule has 0 aliphatic carbocycles. The topological polar surface area (TPSA) is 81.2 Å². The third kappa shape index (κ3) is 2.30. The van der Waals surface area contributed by atoms with Crippen LogP contribution in [0.3, 0.4) is 0 Å². The van der Waals surface area contributed by atoms with E-state index in [9.17, 15) is 13.2 Å². The first-order valence-electron chi connectivity index (χ1n) is 5.37. The summed E-state index contributed by atoms with van der Waals surface area (Å²) in [5, 5.41) is 2.92. The summed E-state index contributed by atoms with van der Waals surface area (Å²) in [5.74, 6) is 0.140. The molecule has 1 unspecified atom stereocenters. The molecule has 1 aliphatic rings. The SMILES string of the molecule is COCc1cc(=O)n(C2(C)CCS(=O)(=O)C2)[nH]1. The Labute approximate surface area is 99.5 Å². The third-order valence-corrected chi connectivity index (χ3v) is 4.98. The summed E-state index contributed by atoms with van der Waals surface area (Å²) < 4.78 is 29.4. The summed E-state index contributed by atoms with van der Waals surface area (Å²) in [6, 6.07) is 1.44. The molecule has 0 aromatic carbocycles. The average molecular weight is 260 g/mol. The van der Waals surface area contributed by atoms with Crippen molar-refractivity contribution in [1.82, 2.24) is 9.78 Å². The second kappa shape index (κ2) is 3.99. The van der Waals surface area contributed by atoms with Gasteiger partial charge in [-0.2, -0.15) is 0 Å². The molecule has 0 saturated carbocycles. The molecule has 1 N–H and O–H groups in total. The molecule has 1 aliphatic heterocycles. The highest BCUT2D eigenvalue weighted by Crippen LogP contribution is 2.28. The van der Waals surface area contributed by atoms with Gasteiger partial charge in [-0.1, -0.05) is 0 Å². The highest BCUT2D eigenvalue weighted by Gasteiger charge is 2.41. The zero-order valence-corrected chi connectivity index (χ0v) is 10.7. The van der Waals surface area contributed by atoms with Gasteiger partial charge >= 0.3 is 0 Å². The summed E-state index contributed by atoms with van der Waals surface area (Å²) in [4.78, 5) is 11.8. The van der Waals surface area contributed by atoms with E-state index in [-0.39, 0.29) is 17.1 Å². The maximum absolute atomic E-state index is 11.8. The van der Waals surface area contributed by atoms with E-state index in [1.54, 1.807) is 6.92 Å². The Kier molecular flexibility index (Phi) is 2.90. The van der Waals surface area contributed by atoms with E-state index >= 15 is 0 Å². The molecule has 0 spiro atoms. The summed E-state index contributed by atoms with van der Waals surface area (Å²) in [7, 11) is -1.49. The summed E-state index contributed by atoms with van der Waals surface area (Å²) in [5.41, 5.74) is -0.221. The molecule has 1 aromatic rings. The molecule has 1 fully saturated rings. The van der Waals surface area contributed by atoms with E-state index in [2.05, 4.69) is 5.10 Å². The molecule has 2 heterocycles. The van der Waals surface area contributed by atoms with Gasteiger partial charge in [-0.25, -0.2) is 13.1 Å². The van der Waals surface area contributed by atoms with Gasteiger partial charge in [0.15, 0.2) is 9.84 Å². The minimum absolute atomic E-state index is 0.00679. The number of methoxy groups -OCH3 is 1. The van der Waals surface area contributed by atoms with Crippen LogP contribution in [0, 0.1) is 0 Å². The van der Waals surface area contributed by atoms with Gasteiger partial charge in [0, 0.05) is 13.2 Å². The maximum atomic E-state index is 11.8. The van der Waals surface area contributed by atoms with Gasteiger partial charge in [0.1, 0.15) is 0 Å². The quantitative estimate of drug-likeness (QED) is 0.820. The lowest BCUT2D eigenvalue weighted by Gasteiger charge is -2.22. The van der Waals surface area contributed by atoms with Gasteiger partial charge in [0.2, 0.25) is 0 Å². The molecule has 7 heteroatoms. The van der Waals surface area contributed by atoms with Gasteiger partial charge in [-0.05, 0) is 13.3 Å². The Hall–Kier alpha value is -1.08. The predicted molar refractivity (Wildman–Crippen MR) is 62.7 cm³/mol. The van der Waals surface area contributed by atoms with Crippen LogP contribution in [0.25, 0.3) is 0 Å². The Morgan fingerprint density at radius 2 is 2.29 bits per heavy atom. The first kappa shape index (κ1) is 12.4.